The number of hydrogen-bond donors (Lipinski definition) is 1. The van der Waals surface area contributed by atoms with Gasteiger partial charge in [-0.05, 0) is 30.2 Å². The molecule has 0 atom stereocenters. The van der Waals surface area contributed by atoms with E-state index in [2.05, 4.69) is 13.8 Å². The number of rotatable bonds is 4. The Morgan fingerprint density at radius 3 is 2.65 bits per heavy atom. The van der Waals surface area contributed by atoms with Crippen LogP contribution in [-0.2, 0) is 0 Å². The van der Waals surface area contributed by atoms with Crippen LogP contribution in [0, 0.1) is 5.92 Å². The number of fused-ring (bicyclic) bond motifs is 1. The van der Waals surface area contributed by atoms with Gasteiger partial charge in [0.15, 0.2) is 5.43 Å². The Hall–Kier alpha value is -2.75. The minimum Gasteiger partial charge on any atom is -0.492 e. The van der Waals surface area contributed by atoms with Crippen LogP contribution in [0.1, 0.15) is 13.8 Å². The highest BCUT2D eigenvalue weighted by atomic mass is 16.5. The molecule has 3 aromatic rings. The van der Waals surface area contributed by atoms with E-state index in [0.29, 0.717) is 40.7 Å². The molecule has 0 aliphatic carbocycles. The van der Waals surface area contributed by atoms with Crippen LogP contribution in [-0.4, -0.2) is 6.61 Å². The highest BCUT2D eigenvalue weighted by Crippen LogP contribution is 2.28. The second kappa shape index (κ2) is 6.16. The van der Waals surface area contributed by atoms with Crippen molar-refractivity contribution in [2.24, 2.45) is 5.92 Å². The van der Waals surface area contributed by atoms with Crippen LogP contribution < -0.4 is 15.9 Å². The standard InChI is InChI=1S/C19H19NO3/c1-12(2)11-22-16-7-4-8-17-19(16)15(21)10-18(23-17)13-5-3-6-14(20)9-13/h3-10,12H,11,20H2,1-2H3. The summed E-state index contributed by atoms with van der Waals surface area (Å²) >= 11 is 0. The number of benzene rings is 2. The van der Waals surface area contributed by atoms with E-state index in [4.69, 9.17) is 14.9 Å². The molecule has 0 spiro atoms. The van der Waals surface area contributed by atoms with Crippen molar-refractivity contribution in [1.29, 1.82) is 0 Å². The van der Waals surface area contributed by atoms with Gasteiger partial charge >= 0.3 is 0 Å². The monoisotopic (exact) mass is 309 g/mol. The molecule has 2 N–H and O–H groups in total. The molecule has 0 aliphatic heterocycles. The lowest BCUT2D eigenvalue weighted by Gasteiger charge is -2.11. The molecule has 4 heteroatoms. The molecule has 4 nitrogen and oxygen atoms in total. The van der Waals surface area contributed by atoms with Crippen LogP contribution in [0.2, 0.25) is 0 Å². The molecule has 1 heterocycles. The van der Waals surface area contributed by atoms with Crippen LogP contribution in [0.15, 0.2) is 57.7 Å². The summed E-state index contributed by atoms with van der Waals surface area (Å²) < 4.78 is 11.6. The third kappa shape index (κ3) is 3.21. The Morgan fingerprint density at radius 1 is 1.13 bits per heavy atom. The lowest BCUT2D eigenvalue weighted by molar-refractivity contribution is 0.273. The van der Waals surface area contributed by atoms with E-state index in [1.54, 1.807) is 24.3 Å². The third-order valence-corrected chi connectivity index (χ3v) is 3.46. The molecule has 0 bridgehead atoms. The van der Waals surface area contributed by atoms with Crippen molar-refractivity contribution in [2.75, 3.05) is 12.3 Å². The van der Waals surface area contributed by atoms with E-state index in [1.807, 2.05) is 18.2 Å². The van der Waals surface area contributed by atoms with Gasteiger partial charge in [-0.1, -0.05) is 32.0 Å². The largest absolute Gasteiger partial charge is 0.492 e. The molecule has 23 heavy (non-hydrogen) atoms. The summed E-state index contributed by atoms with van der Waals surface area (Å²) in [6.45, 7) is 4.67. The summed E-state index contributed by atoms with van der Waals surface area (Å²) in [5.41, 5.74) is 7.59. The minimum absolute atomic E-state index is 0.122. The molecule has 0 amide bonds. The zero-order chi connectivity index (χ0) is 16.4. The quantitative estimate of drug-likeness (QED) is 0.738. The van der Waals surface area contributed by atoms with Crippen LogP contribution in [0.3, 0.4) is 0 Å². The molecule has 0 saturated heterocycles. The lowest BCUT2D eigenvalue weighted by atomic mass is 10.1. The fourth-order valence-corrected chi connectivity index (χ4v) is 2.39. The highest BCUT2D eigenvalue weighted by molar-refractivity contribution is 5.85. The molecule has 2 aromatic carbocycles. The summed E-state index contributed by atoms with van der Waals surface area (Å²) in [4.78, 5) is 12.6. The maximum Gasteiger partial charge on any atom is 0.197 e. The first-order valence-electron chi connectivity index (χ1n) is 7.60. The van der Waals surface area contributed by atoms with Crippen molar-refractivity contribution < 1.29 is 9.15 Å². The first-order chi connectivity index (χ1) is 11.0. The lowest BCUT2D eigenvalue weighted by Crippen LogP contribution is -2.08. The predicted molar refractivity (Wildman–Crippen MR) is 92.7 cm³/mol. The molecule has 0 fully saturated rings. The zero-order valence-electron chi connectivity index (χ0n) is 13.2. The fraction of sp³-hybridized carbons (Fsp3) is 0.211. The van der Waals surface area contributed by atoms with Gasteiger partial charge in [-0.3, -0.25) is 4.79 Å². The Morgan fingerprint density at radius 2 is 1.91 bits per heavy atom. The number of anilines is 1. The predicted octanol–water partition coefficient (Wildman–Crippen LogP) is 4.08. The molecule has 0 unspecified atom stereocenters. The molecule has 0 aliphatic rings. The molecule has 0 radical (unpaired) electrons. The normalized spacial score (nSPS) is 11.1. The van der Waals surface area contributed by atoms with Gasteiger partial charge < -0.3 is 14.9 Å². The highest BCUT2D eigenvalue weighted by Gasteiger charge is 2.12. The molecular weight excluding hydrogens is 290 g/mol. The van der Waals surface area contributed by atoms with Gasteiger partial charge in [0.2, 0.25) is 0 Å². The number of nitrogen functional groups attached to an aromatic ring is 1. The number of ether oxygens (including phenoxy) is 1. The molecular formula is C19H19NO3. The maximum absolute atomic E-state index is 12.6. The molecule has 3 rings (SSSR count). The van der Waals surface area contributed by atoms with E-state index < -0.39 is 0 Å². The van der Waals surface area contributed by atoms with E-state index >= 15 is 0 Å². The summed E-state index contributed by atoms with van der Waals surface area (Å²) in [5.74, 6) is 1.43. The topological polar surface area (TPSA) is 65.5 Å². The van der Waals surface area contributed by atoms with E-state index in [0.717, 1.165) is 5.56 Å². The summed E-state index contributed by atoms with van der Waals surface area (Å²) in [6, 6.07) is 14.1. The fourth-order valence-electron chi connectivity index (χ4n) is 2.39. The summed E-state index contributed by atoms with van der Waals surface area (Å²) in [5, 5.41) is 0.473. The van der Waals surface area contributed by atoms with Crippen molar-refractivity contribution in [2.45, 2.75) is 13.8 Å². The average molecular weight is 309 g/mol. The minimum atomic E-state index is -0.122. The number of nitrogens with two attached hydrogens (primary N) is 1. The van der Waals surface area contributed by atoms with Gasteiger partial charge in [-0.25, -0.2) is 0 Å². The number of hydrogen-bond acceptors (Lipinski definition) is 4. The average Bonchev–Trinajstić information content (AvgIpc) is 2.52. The van der Waals surface area contributed by atoms with Crippen molar-refractivity contribution in [3.05, 3.63) is 58.8 Å². The Balaban J connectivity index is 2.11. The smallest absolute Gasteiger partial charge is 0.197 e. The van der Waals surface area contributed by atoms with E-state index in [1.165, 1.54) is 6.07 Å². The van der Waals surface area contributed by atoms with Crippen molar-refractivity contribution in [1.82, 2.24) is 0 Å². The molecule has 118 valence electrons. The SMILES string of the molecule is CC(C)COc1cccc2oc(-c3cccc(N)c3)cc(=O)c12. The van der Waals surface area contributed by atoms with Gasteiger partial charge in [-0.2, -0.15) is 0 Å². The van der Waals surface area contributed by atoms with Gasteiger partial charge in [0.05, 0.1) is 6.61 Å². The van der Waals surface area contributed by atoms with E-state index in [-0.39, 0.29) is 5.43 Å². The van der Waals surface area contributed by atoms with E-state index in [9.17, 15) is 4.79 Å². The Bertz CT molecular complexity index is 897. The summed E-state index contributed by atoms with van der Waals surface area (Å²) in [6.07, 6.45) is 0. The van der Waals surface area contributed by atoms with Gasteiger partial charge in [0.1, 0.15) is 22.5 Å². The van der Waals surface area contributed by atoms with Crippen LogP contribution in [0.25, 0.3) is 22.3 Å². The summed E-state index contributed by atoms with van der Waals surface area (Å²) in [7, 11) is 0. The van der Waals surface area contributed by atoms with Gasteiger partial charge in [-0.15, -0.1) is 0 Å². The molecule has 1 aromatic heterocycles. The maximum atomic E-state index is 12.6. The van der Waals surface area contributed by atoms with Gasteiger partial charge in [0.25, 0.3) is 0 Å². The molecule has 0 saturated carbocycles. The second-order valence-electron chi connectivity index (χ2n) is 5.93. The van der Waals surface area contributed by atoms with Gasteiger partial charge in [0, 0.05) is 17.3 Å². The first kappa shape index (κ1) is 15.2. The van der Waals surface area contributed by atoms with Crippen molar-refractivity contribution in [3.8, 4) is 17.1 Å². The van der Waals surface area contributed by atoms with Crippen molar-refractivity contribution >= 4 is 16.7 Å². The first-order valence-corrected chi connectivity index (χ1v) is 7.60. The van der Waals surface area contributed by atoms with Crippen LogP contribution in [0.4, 0.5) is 5.69 Å². The van der Waals surface area contributed by atoms with Crippen LogP contribution >= 0.6 is 0 Å². The Kier molecular flexibility index (Phi) is 4.06. The zero-order valence-corrected chi connectivity index (χ0v) is 13.2. The van der Waals surface area contributed by atoms with Crippen molar-refractivity contribution in [3.63, 3.8) is 0 Å². The Labute approximate surface area is 134 Å². The third-order valence-electron chi connectivity index (χ3n) is 3.46. The van der Waals surface area contributed by atoms with Crippen LogP contribution in [0.5, 0.6) is 5.75 Å². The second-order valence-corrected chi connectivity index (χ2v) is 5.93.